The molecule has 0 aromatic heterocycles. The smallest absolute Gasteiger partial charge is 0.270 e. The molecule has 0 bridgehead atoms. The molecule has 2 aromatic carbocycles. The number of hydrazone groups is 1. The van der Waals surface area contributed by atoms with E-state index in [1.807, 2.05) is 0 Å². The second-order valence-corrected chi connectivity index (χ2v) is 8.59. The van der Waals surface area contributed by atoms with Gasteiger partial charge >= 0.3 is 0 Å². The first-order valence-electron chi connectivity index (χ1n) is 8.24. The Hall–Kier alpha value is -2.79. The minimum atomic E-state index is -4.15. The highest BCUT2D eigenvalue weighted by Gasteiger charge is 2.24. The van der Waals surface area contributed by atoms with Crippen LogP contribution in [0.15, 0.2) is 52.5 Å². The van der Waals surface area contributed by atoms with Crippen LogP contribution in [0.1, 0.15) is 6.42 Å². The maximum absolute atomic E-state index is 13.0. The van der Waals surface area contributed by atoms with Crippen molar-refractivity contribution in [2.24, 2.45) is 5.10 Å². The molecule has 2 N–H and O–H groups in total. The summed E-state index contributed by atoms with van der Waals surface area (Å²) >= 11 is 1.73. The van der Waals surface area contributed by atoms with E-state index in [1.54, 1.807) is 30.0 Å². The predicted octanol–water partition coefficient (Wildman–Crippen LogP) is 3.31. The molecule has 0 radical (unpaired) electrons. The molecule has 148 valence electrons. The molecule has 11 heteroatoms. The average Bonchev–Trinajstić information content (AvgIpc) is 3.20. The van der Waals surface area contributed by atoms with Crippen molar-refractivity contribution in [2.45, 2.75) is 11.3 Å². The second-order valence-electron chi connectivity index (χ2n) is 5.84. The van der Waals surface area contributed by atoms with Gasteiger partial charge in [-0.05, 0) is 30.4 Å². The van der Waals surface area contributed by atoms with Crippen LogP contribution in [0.25, 0.3) is 0 Å². The lowest BCUT2D eigenvalue weighted by Crippen LogP contribution is -2.16. The first kappa shape index (κ1) is 20.0. The Morgan fingerprint density at radius 1 is 1.21 bits per heavy atom. The summed E-state index contributed by atoms with van der Waals surface area (Å²) in [5.74, 6) is 2.05. The molecule has 2 aromatic rings. The van der Waals surface area contributed by atoms with Gasteiger partial charge in [0.15, 0.2) is 0 Å². The minimum Gasteiger partial charge on any atom is -0.495 e. The van der Waals surface area contributed by atoms with E-state index >= 15 is 0 Å². The Bertz CT molecular complexity index is 1020. The van der Waals surface area contributed by atoms with E-state index < -0.39 is 14.9 Å². The summed E-state index contributed by atoms with van der Waals surface area (Å²) in [6.07, 6.45) is 0.812. The Labute approximate surface area is 166 Å². The van der Waals surface area contributed by atoms with Gasteiger partial charge in [0.25, 0.3) is 15.7 Å². The molecular weight excluding hydrogens is 404 g/mol. The normalized spacial score (nSPS) is 15.4. The molecule has 28 heavy (non-hydrogen) atoms. The highest BCUT2D eigenvalue weighted by atomic mass is 32.2. The van der Waals surface area contributed by atoms with Gasteiger partial charge in [-0.15, -0.1) is 0 Å². The summed E-state index contributed by atoms with van der Waals surface area (Å²) < 4.78 is 33.5. The maximum Gasteiger partial charge on any atom is 0.270 e. The fourth-order valence-corrected chi connectivity index (χ4v) is 4.76. The van der Waals surface area contributed by atoms with E-state index in [9.17, 15) is 18.5 Å². The number of non-ortho nitro benzene ring substituents is 1. The van der Waals surface area contributed by atoms with Crippen LogP contribution < -0.4 is 14.9 Å². The van der Waals surface area contributed by atoms with Gasteiger partial charge in [-0.1, -0.05) is 12.1 Å². The summed E-state index contributed by atoms with van der Waals surface area (Å²) in [7, 11) is -2.73. The van der Waals surface area contributed by atoms with Gasteiger partial charge < -0.3 is 4.74 Å². The van der Waals surface area contributed by atoms with Crippen molar-refractivity contribution in [1.29, 1.82) is 0 Å². The van der Waals surface area contributed by atoms with Crippen LogP contribution in [0, 0.1) is 10.1 Å². The average molecular weight is 422 g/mol. The quantitative estimate of drug-likeness (QED) is 0.518. The van der Waals surface area contributed by atoms with Gasteiger partial charge in [0.05, 0.1) is 23.4 Å². The lowest BCUT2D eigenvalue weighted by molar-refractivity contribution is -0.385. The zero-order chi connectivity index (χ0) is 20.1. The van der Waals surface area contributed by atoms with Crippen molar-refractivity contribution in [1.82, 2.24) is 0 Å². The zero-order valence-electron chi connectivity index (χ0n) is 14.9. The molecule has 1 fully saturated rings. The number of sulfonamides is 1. The Kier molecular flexibility index (Phi) is 6.05. The molecular formula is C17H18N4O5S2. The van der Waals surface area contributed by atoms with Gasteiger partial charge in [-0.2, -0.15) is 16.9 Å². The summed E-state index contributed by atoms with van der Waals surface area (Å²) in [5, 5.41) is 15.4. The van der Waals surface area contributed by atoms with Crippen molar-refractivity contribution in [3.63, 3.8) is 0 Å². The molecule has 0 unspecified atom stereocenters. The number of rotatable bonds is 7. The number of nitro benzene ring substituents is 1. The van der Waals surface area contributed by atoms with Crippen LogP contribution in [0.5, 0.6) is 5.75 Å². The monoisotopic (exact) mass is 422 g/mol. The number of anilines is 2. The Morgan fingerprint density at radius 3 is 2.68 bits per heavy atom. The molecule has 1 saturated heterocycles. The zero-order valence-corrected chi connectivity index (χ0v) is 16.5. The van der Waals surface area contributed by atoms with Gasteiger partial charge in [0.1, 0.15) is 10.6 Å². The molecule has 1 aliphatic rings. The third-order valence-electron chi connectivity index (χ3n) is 3.95. The van der Waals surface area contributed by atoms with E-state index in [4.69, 9.17) is 4.74 Å². The lowest BCUT2D eigenvalue weighted by Gasteiger charge is -2.14. The first-order valence-corrected chi connectivity index (χ1v) is 10.9. The van der Waals surface area contributed by atoms with Crippen molar-refractivity contribution >= 4 is 44.6 Å². The second kappa shape index (κ2) is 8.48. The number of nitrogens with one attached hydrogen (secondary N) is 2. The van der Waals surface area contributed by atoms with Crippen LogP contribution in [0.2, 0.25) is 0 Å². The molecule has 9 nitrogen and oxygen atoms in total. The summed E-state index contributed by atoms with van der Waals surface area (Å²) in [6, 6.07) is 10.1. The standard InChI is InChI=1S/C17H18N4O5S2/c1-26-16-5-3-2-4-14(16)20-28(24,25)17-10-13(21(22)23)6-7-15(17)19-18-12-8-9-27-11-12/h2-7,10,19-20H,8-9,11H2,1H3/b18-12+. The van der Waals surface area contributed by atoms with Crippen LogP contribution in [0.3, 0.4) is 0 Å². The molecule has 0 saturated carbocycles. The third-order valence-corrected chi connectivity index (χ3v) is 6.39. The maximum atomic E-state index is 13.0. The highest BCUT2D eigenvalue weighted by Crippen LogP contribution is 2.31. The molecule has 0 atom stereocenters. The molecule has 0 spiro atoms. The lowest BCUT2D eigenvalue weighted by atomic mass is 10.3. The van der Waals surface area contributed by atoms with E-state index in [1.165, 1.54) is 25.3 Å². The van der Waals surface area contributed by atoms with Gasteiger partial charge in [-0.3, -0.25) is 20.3 Å². The van der Waals surface area contributed by atoms with Crippen LogP contribution in [-0.4, -0.2) is 37.7 Å². The number of hydrogen-bond acceptors (Lipinski definition) is 8. The highest BCUT2D eigenvalue weighted by molar-refractivity contribution is 8.00. The number of methoxy groups -OCH3 is 1. The molecule has 1 aliphatic heterocycles. The predicted molar refractivity (Wildman–Crippen MR) is 110 cm³/mol. The fraction of sp³-hybridized carbons (Fsp3) is 0.235. The van der Waals surface area contributed by atoms with Crippen molar-refractivity contribution in [2.75, 3.05) is 28.8 Å². The fourth-order valence-electron chi connectivity index (χ4n) is 2.55. The minimum absolute atomic E-state index is 0.150. The number of benzene rings is 2. The molecule has 0 aliphatic carbocycles. The van der Waals surface area contributed by atoms with Crippen LogP contribution >= 0.6 is 11.8 Å². The number of nitro groups is 1. The summed E-state index contributed by atoms with van der Waals surface area (Å²) in [6.45, 7) is 0. The number of para-hydroxylation sites is 2. The van der Waals surface area contributed by atoms with Gasteiger partial charge in [0.2, 0.25) is 0 Å². The van der Waals surface area contributed by atoms with Crippen LogP contribution in [0.4, 0.5) is 17.1 Å². The number of ether oxygens (including phenoxy) is 1. The SMILES string of the molecule is COc1ccccc1NS(=O)(=O)c1cc([N+](=O)[O-])ccc1N/N=C1\CCSC1. The number of thioether (sulfide) groups is 1. The van der Waals surface area contributed by atoms with E-state index in [-0.39, 0.29) is 22.0 Å². The number of hydrogen-bond donors (Lipinski definition) is 2. The molecule has 1 heterocycles. The largest absolute Gasteiger partial charge is 0.495 e. The number of nitrogens with zero attached hydrogens (tertiary/aromatic N) is 2. The third kappa shape index (κ3) is 4.54. The van der Waals surface area contributed by atoms with E-state index in [0.29, 0.717) is 5.75 Å². The van der Waals surface area contributed by atoms with Crippen molar-refractivity contribution < 1.29 is 18.1 Å². The van der Waals surface area contributed by atoms with Crippen molar-refractivity contribution in [3.8, 4) is 5.75 Å². The summed E-state index contributed by atoms with van der Waals surface area (Å²) in [5.41, 5.74) is 3.69. The first-order chi connectivity index (χ1) is 13.4. The Morgan fingerprint density at radius 2 is 2.00 bits per heavy atom. The Balaban J connectivity index is 1.99. The van der Waals surface area contributed by atoms with Crippen molar-refractivity contribution in [3.05, 3.63) is 52.6 Å². The van der Waals surface area contributed by atoms with Crippen LogP contribution in [-0.2, 0) is 10.0 Å². The van der Waals surface area contributed by atoms with E-state index in [0.717, 1.165) is 29.7 Å². The van der Waals surface area contributed by atoms with E-state index in [2.05, 4.69) is 15.2 Å². The molecule has 0 amide bonds. The van der Waals surface area contributed by atoms with Gasteiger partial charge in [0, 0.05) is 23.6 Å². The summed E-state index contributed by atoms with van der Waals surface area (Å²) in [4.78, 5) is 10.2. The van der Waals surface area contributed by atoms with Gasteiger partial charge in [-0.25, -0.2) is 8.42 Å². The molecule has 3 rings (SSSR count). The topological polar surface area (TPSA) is 123 Å².